The topological polar surface area (TPSA) is 43.6 Å². The molecule has 5 heteroatoms. The van der Waals surface area contributed by atoms with E-state index in [9.17, 15) is 0 Å². The minimum atomic E-state index is 0.593. The fourth-order valence-electron chi connectivity index (χ4n) is 5.91. The lowest BCUT2D eigenvalue weighted by atomic mass is 9.97. The molecule has 8 rings (SSSR count). The average molecular weight is 571 g/mol. The average Bonchev–Trinajstić information content (AvgIpc) is 3.61. The van der Waals surface area contributed by atoms with Gasteiger partial charge in [-0.25, -0.2) is 4.98 Å². The standard InChI is InChI=1S/C38H26N4S/c1-25-15-5-2-10-21-29-28-20-11-13-23-31(28)42(34(29)35-33(25)30-22-12-14-24-32(30)43-35)38-40-36(26-16-6-3-7-17-26)39-37(41-38)27-18-8-4-9-19-27/h2-20,22-24H,1,21H2/b10-2-,15-5-. The van der Waals surface area contributed by atoms with Gasteiger partial charge in [-0.15, -0.1) is 11.3 Å². The number of aromatic nitrogens is 4. The van der Waals surface area contributed by atoms with Gasteiger partial charge in [0.1, 0.15) is 0 Å². The Balaban J connectivity index is 1.51. The Morgan fingerprint density at radius 1 is 0.651 bits per heavy atom. The zero-order valence-electron chi connectivity index (χ0n) is 23.3. The van der Waals surface area contributed by atoms with Gasteiger partial charge in [0.05, 0.1) is 16.1 Å². The minimum Gasteiger partial charge on any atom is -0.277 e. The first-order valence-corrected chi connectivity index (χ1v) is 15.1. The molecule has 0 amide bonds. The minimum absolute atomic E-state index is 0.593. The lowest BCUT2D eigenvalue weighted by Crippen LogP contribution is -2.08. The van der Waals surface area contributed by atoms with Crippen molar-refractivity contribution in [2.45, 2.75) is 6.42 Å². The van der Waals surface area contributed by atoms with E-state index in [1.54, 1.807) is 11.3 Å². The van der Waals surface area contributed by atoms with Gasteiger partial charge in [-0.3, -0.25) is 4.57 Å². The van der Waals surface area contributed by atoms with E-state index in [0.717, 1.165) is 39.9 Å². The van der Waals surface area contributed by atoms with Crippen molar-refractivity contribution in [1.82, 2.24) is 19.5 Å². The van der Waals surface area contributed by atoms with Gasteiger partial charge in [0.15, 0.2) is 11.6 Å². The zero-order valence-corrected chi connectivity index (χ0v) is 24.1. The molecule has 0 fully saturated rings. The first-order chi connectivity index (χ1) is 21.3. The fourth-order valence-corrected chi connectivity index (χ4v) is 7.21. The Labute approximate surface area is 253 Å². The number of allylic oxidation sites excluding steroid dienone is 5. The van der Waals surface area contributed by atoms with E-state index in [1.807, 2.05) is 60.7 Å². The number of fused-ring (bicyclic) bond motifs is 7. The van der Waals surface area contributed by atoms with Gasteiger partial charge in [0.2, 0.25) is 5.95 Å². The third-order valence-electron chi connectivity index (χ3n) is 7.87. The lowest BCUT2D eigenvalue weighted by Gasteiger charge is -2.14. The number of hydrogen-bond donors (Lipinski definition) is 0. The van der Waals surface area contributed by atoms with E-state index < -0.39 is 0 Å². The molecule has 3 heterocycles. The van der Waals surface area contributed by atoms with Crippen LogP contribution in [0.3, 0.4) is 0 Å². The van der Waals surface area contributed by atoms with Crippen LogP contribution in [0.25, 0.3) is 65.9 Å². The molecule has 4 aromatic carbocycles. The summed E-state index contributed by atoms with van der Waals surface area (Å²) in [5, 5.41) is 2.39. The number of para-hydroxylation sites is 1. The summed E-state index contributed by atoms with van der Waals surface area (Å²) in [5.74, 6) is 1.87. The summed E-state index contributed by atoms with van der Waals surface area (Å²) in [4.78, 5) is 16.5. The molecule has 0 bridgehead atoms. The molecule has 7 aromatic rings. The van der Waals surface area contributed by atoms with Crippen molar-refractivity contribution >= 4 is 37.9 Å². The maximum atomic E-state index is 5.16. The molecular weight excluding hydrogens is 545 g/mol. The molecule has 1 aliphatic carbocycles. The first-order valence-electron chi connectivity index (χ1n) is 14.3. The molecule has 0 spiro atoms. The number of thiophene rings is 1. The molecule has 0 N–H and O–H groups in total. The summed E-state index contributed by atoms with van der Waals surface area (Å²) in [6, 6.07) is 37.4. The molecule has 4 nitrogen and oxygen atoms in total. The van der Waals surface area contributed by atoms with Crippen LogP contribution in [-0.2, 0) is 6.42 Å². The summed E-state index contributed by atoms with van der Waals surface area (Å²) in [7, 11) is 0. The van der Waals surface area contributed by atoms with Gasteiger partial charge in [0, 0.05) is 32.2 Å². The molecule has 0 unspecified atom stereocenters. The third kappa shape index (κ3) is 4.33. The van der Waals surface area contributed by atoms with Gasteiger partial charge in [-0.2, -0.15) is 9.97 Å². The van der Waals surface area contributed by atoms with Crippen LogP contribution in [0.4, 0.5) is 0 Å². The van der Waals surface area contributed by atoms with Gasteiger partial charge < -0.3 is 0 Å². The molecule has 43 heavy (non-hydrogen) atoms. The van der Waals surface area contributed by atoms with Gasteiger partial charge >= 0.3 is 0 Å². The number of benzene rings is 4. The zero-order chi connectivity index (χ0) is 28.8. The highest BCUT2D eigenvalue weighted by Gasteiger charge is 2.27. The van der Waals surface area contributed by atoms with Crippen molar-refractivity contribution in [3.05, 3.63) is 151 Å². The van der Waals surface area contributed by atoms with E-state index in [0.29, 0.717) is 17.6 Å². The summed E-state index contributed by atoms with van der Waals surface area (Å²) < 4.78 is 3.47. The van der Waals surface area contributed by atoms with Crippen LogP contribution in [0.5, 0.6) is 0 Å². The monoisotopic (exact) mass is 570 g/mol. The Hall–Kier alpha value is -5.39. The van der Waals surface area contributed by atoms with Crippen molar-refractivity contribution in [1.29, 1.82) is 0 Å². The SMILES string of the molecule is C=C1/C=C\C=C/Cc2c(n(-c3nc(-c4ccccc4)nc(-c4ccccc4)n3)c3ccccc23)-c2sc3ccccc3c21. The lowest BCUT2D eigenvalue weighted by molar-refractivity contribution is 0.936. The highest BCUT2D eigenvalue weighted by molar-refractivity contribution is 7.22. The van der Waals surface area contributed by atoms with Crippen molar-refractivity contribution < 1.29 is 0 Å². The number of rotatable bonds is 3. The van der Waals surface area contributed by atoms with Crippen LogP contribution in [0.2, 0.25) is 0 Å². The second-order valence-corrected chi connectivity index (χ2v) is 11.6. The summed E-state index contributed by atoms with van der Waals surface area (Å²) in [6.07, 6.45) is 9.30. The Morgan fingerprint density at radius 3 is 2.00 bits per heavy atom. The van der Waals surface area contributed by atoms with Crippen molar-refractivity contribution in [2.24, 2.45) is 0 Å². The van der Waals surface area contributed by atoms with Crippen molar-refractivity contribution in [3.63, 3.8) is 0 Å². The predicted octanol–water partition coefficient (Wildman–Crippen LogP) is 9.71. The van der Waals surface area contributed by atoms with Crippen LogP contribution in [0, 0.1) is 0 Å². The summed E-state index contributed by atoms with van der Waals surface area (Å²) in [6.45, 7) is 4.52. The second kappa shape index (κ2) is 10.5. The Bertz CT molecular complexity index is 2160. The Kier molecular flexibility index (Phi) is 6.16. The normalized spacial score (nSPS) is 14.4. The van der Waals surface area contributed by atoms with Crippen LogP contribution in [0.15, 0.2) is 140 Å². The van der Waals surface area contributed by atoms with Crippen LogP contribution in [-0.4, -0.2) is 19.5 Å². The largest absolute Gasteiger partial charge is 0.277 e. The van der Waals surface area contributed by atoms with E-state index in [4.69, 9.17) is 15.0 Å². The van der Waals surface area contributed by atoms with Gasteiger partial charge in [0.25, 0.3) is 0 Å². The molecule has 0 aliphatic heterocycles. The van der Waals surface area contributed by atoms with Crippen LogP contribution < -0.4 is 0 Å². The molecule has 0 saturated heterocycles. The Morgan fingerprint density at radius 2 is 1.28 bits per heavy atom. The van der Waals surface area contributed by atoms with E-state index in [1.165, 1.54) is 25.9 Å². The maximum Gasteiger partial charge on any atom is 0.238 e. The molecule has 0 atom stereocenters. The number of hydrogen-bond acceptors (Lipinski definition) is 4. The number of nitrogens with zero attached hydrogens (tertiary/aromatic N) is 4. The highest BCUT2D eigenvalue weighted by Crippen LogP contribution is 2.47. The van der Waals surface area contributed by atoms with Crippen LogP contribution in [0.1, 0.15) is 11.1 Å². The molecule has 1 aliphatic rings. The fraction of sp³-hybridized carbons (Fsp3) is 0.0263. The molecule has 0 radical (unpaired) electrons. The predicted molar refractivity (Wildman–Crippen MR) is 179 cm³/mol. The smallest absolute Gasteiger partial charge is 0.238 e. The maximum absolute atomic E-state index is 5.16. The molecular formula is C38H26N4S. The van der Waals surface area contributed by atoms with Crippen molar-refractivity contribution in [2.75, 3.05) is 0 Å². The van der Waals surface area contributed by atoms with Crippen LogP contribution >= 0.6 is 11.3 Å². The second-order valence-electron chi connectivity index (χ2n) is 10.5. The van der Waals surface area contributed by atoms with E-state index in [2.05, 4.69) is 84.0 Å². The van der Waals surface area contributed by atoms with Gasteiger partial charge in [-0.1, -0.05) is 128 Å². The van der Waals surface area contributed by atoms with E-state index >= 15 is 0 Å². The summed E-state index contributed by atoms with van der Waals surface area (Å²) >= 11 is 1.80. The molecule has 0 saturated carbocycles. The molecule has 204 valence electrons. The highest BCUT2D eigenvalue weighted by atomic mass is 32.1. The van der Waals surface area contributed by atoms with Gasteiger partial charge in [-0.05, 0) is 29.7 Å². The van der Waals surface area contributed by atoms with Crippen molar-refractivity contribution in [3.8, 4) is 39.3 Å². The van der Waals surface area contributed by atoms with E-state index in [-0.39, 0.29) is 0 Å². The quantitative estimate of drug-likeness (QED) is 0.212. The first kappa shape index (κ1) is 25.3. The molecule has 3 aromatic heterocycles. The third-order valence-corrected chi connectivity index (χ3v) is 9.04. The summed E-state index contributed by atoms with van der Waals surface area (Å²) in [5.41, 5.74) is 7.42.